The predicted molar refractivity (Wildman–Crippen MR) is 124 cm³/mol. The molecule has 2 amide bonds. The monoisotopic (exact) mass is 494 g/mol. The van der Waals surface area contributed by atoms with Gasteiger partial charge in [-0.2, -0.15) is 0 Å². The van der Waals surface area contributed by atoms with Crippen molar-refractivity contribution in [1.29, 1.82) is 0 Å². The van der Waals surface area contributed by atoms with Gasteiger partial charge in [0.15, 0.2) is 11.7 Å². The molecule has 1 atom stereocenters. The van der Waals surface area contributed by atoms with Crippen LogP contribution < -0.4 is 10.6 Å². The van der Waals surface area contributed by atoms with Gasteiger partial charge < -0.3 is 29.6 Å². The van der Waals surface area contributed by atoms with Crippen molar-refractivity contribution in [2.45, 2.75) is 58.3 Å². The summed E-state index contributed by atoms with van der Waals surface area (Å²) in [5, 5.41) is 5.04. The van der Waals surface area contributed by atoms with Crippen LogP contribution in [0.25, 0.3) is 0 Å². The molecule has 0 heterocycles. The van der Waals surface area contributed by atoms with Crippen molar-refractivity contribution < 1.29 is 42.9 Å². The zero-order valence-electron chi connectivity index (χ0n) is 20.8. The third-order valence-electron chi connectivity index (χ3n) is 4.61. The van der Waals surface area contributed by atoms with Crippen LogP contribution in [-0.4, -0.2) is 62.3 Å². The molecule has 0 aliphatic heterocycles. The predicted octanol–water partition coefficient (Wildman–Crippen LogP) is 2.51. The normalized spacial score (nSPS) is 11.7. The first-order valence-corrected chi connectivity index (χ1v) is 11.1. The van der Waals surface area contributed by atoms with Crippen molar-refractivity contribution in [2.75, 3.05) is 20.8 Å². The second-order valence-corrected chi connectivity index (χ2v) is 8.60. The molecular formula is C24H34N2O9. The summed E-state index contributed by atoms with van der Waals surface area (Å²) >= 11 is 0. The summed E-state index contributed by atoms with van der Waals surface area (Å²) < 4.78 is 19.5. The highest BCUT2D eigenvalue weighted by Crippen LogP contribution is 2.14. The van der Waals surface area contributed by atoms with Gasteiger partial charge in [0.1, 0.15) is 12.2 Å². The van der Waals surface area contributed by atoms with Crippen LogP contribution in [-0.2, 0) is 39.9 Å². The van der Waals surface area contributed by atoms with E-state index in [0.717, 1.165) is 19.8 Å². The maximum absolute atomic E-state index is 12.9. The molecule has 0 spiro atoms. The molecule has 0 saturated heterocycles. The lowest BCUT2D eigenvalue weighted by molar-refractivity contribution is -0.160. The number of ether oxygens (including phenoxy) is 4. The SMILES string of the molecule is COC(=O)C(CC(=O)[C@@H](CCCNC(=O)OCc1ccccc1)NC(=O)OC(C)(C)C)C(=O)OC. The average molecular weight is 495 g/mol. The molecule has 11 nitrogen and oxygen atoms in total. The fraction of sp³-hybridized carbons (Fsp3) is 0.542. The van der Waals surface area contributed by atoms with Crippen LogP contribution in [0.15, 0.2) is 30.3 Å². The van der Waals surface area contributed by atoms with Crippen LogP contribution in [0.3, 0.4) is 0 Å². The highest BCUT2D eigenvalue weighted by Gasteiger charge is 2.34. The number of benzene rings is 1. The molecule has 1 rings (SSSR count). The minimum atomic E-state index is -1.47. The number of alkyl carbamates (subject to hydrolysis) is 2. The summed E-state index contributed by atoms with van der Waals surface area (Å²) in [5.41, 5.74) is 0.0307. The standard InChI is InChI=1S/C24H34N2O9/c1-24(2,3)35-23(31)26-18(19(27)14-17(20(28)32-4)21(29)33-5)12-9-13-25-22(30)34-15-16-10-7-6-8-11-16/h6-8,10-11,17-18H,9,12-15H2,1-5H3,(H,25,30)(H,26,31)/t18-/m1/s1. The van der Waals surface area contributed by atoms with Crippen LogP contribution in [0.4, 0.5) is 9.59 Å². The number of amides is 2. The van der Waals surface area contributed by atoms with Gasteiger partial charge in [-0.05, 0) is 39.2 Å². The van der Waals surface area contributed by atoms with Crippen molar-refractivity contribution in [3.8, 4) is 0 Å². The Morgan fingerprint density at radius 3 is 2.06 bits per heavy atom. The summed E-state index contributed by atoms with van der Waals surface area (Å²) in [6.07, 6.45) is -1.61. The van der Waals surface area contributed by atoms with Crippen molar-refractivity contribution in [1.82, 2.24) is 10.6 Å². The van der Waals surface area contributed by atoms with Gasteiger partial charge >= 0.3 is 24.1 Å². The van der Waals surface area contributed by atoms with Crippen LogP contribution in [0.2, 0.25) is 0 Å². The van der Waals surface area contributed by atoms with Crippen molar-refractivity contribution >= 4 is 29.9 Å². The summed E-state index contributed by atoms with van der Waals surface area (Å²) in [4.78, 5) is 60.9. The Balaban J connectivity index is 2.70. The van der Waals surface area contributed by atoms with Crippen LogP contribution in [0, 0.1) is 5.92 Å². The molecule has 194 valence electrons. The van der Waals surface area contributed by atoms with Gasteiger partial charge in [0.25, 0.3) is 0 Å². The van der Waals surface area contributed by atoms with E-state index in [-0.39, 0.29) is 26.0 Å². The van der Waals surface area contributed by atoms with E-state index in [1.165, 1.54) is 0 Å². The highest BCUT2D eigenvalue weighted by atomic mass is 16.6. The Morgan fingerprint density at radius 1 is 0.914 bits per heavy atom. The molecule has 0 bridgehead atoms. The molecule has 1 aromatic carbocycles. The van der Waals surface area contributed by atoms with E-state index in [1.54, 1.807) is 20.8 Å². The van der Waals surface area contributed by atoms with E-state index < -0.39 is 53.9 Å². The van der Waals surface area contributed by atoms with Gasteiger partial charge in [0.2, 0.25) is 0 Å². The van der Waals surface area contributed by atoms with E-state index >= 15 is 0 Å². The number of carbonyl (C=O) groups is 5. The lowest BCUT2D eigenvalue weighted by Crippen LogP contribution is -2.45. The molecule has 0 fully saturated rings. The van der Waals surface area contributed by atoms with Crippen molar-refractivity contribution in [2.24, 2.45) is 5.92 Å². The van der Waals surface area contributed by atoms with Gasteiger partial charge in [-0.15, -0.1) is 0 Å². The maximum Gasteiger partial charge on any atom is 0.408 e. The fourth-order valence-corrected chi connectivity index (χ4v) is 2.93. The summed E-state index contributed by atoms with van der Waals surface area (Å²) in [7, 11) is 2.17. The Labute approximate surface area is 204 Å². The highest BCUT2D eigenvalue weighted by molar-refractivity contribution is 6.00. The smallest absolute Gasteiger partial charge is 0.408 e. The number of hydrogen-bond donors (Lipinski definition) is 2. The second kappa shape index (κ2) is 14.6. The van der Waals surface area contributed by atoms with Crippen LogP contribution in [0.5, 0.6) is 0 Å². The first kappa shape index (κ1) is 29.4. The number of hydrogen-bond acceptors (Lipinski definition) is 9. The van der Waals surface area contributed by atoms with E-state index in [9.17, 15) is 24.0 Å². The summed E-state index contributed by atoms with van der Waals surface area (Å²) in [5.74, 6) is -3.91. The van der Waals surface area contributed by atoms with Crippen molar-refractivity contribution in [3.63, 3.8) is 0 Å². The molecule has 0 aliphatic rings. The largest absolute Gasteiger partial charge is 0.468 e. The number of Topliss-reactive ketones (excluding diaryl/α,β-unsaturated/α-hetero) is 1. The Kier molecular flexibility index (Phi) is 12.3. The number of esters is 2. The molecular weight excluding hydrogens is 460 g/mol. The third-order valence-corrected chi connectivity index (χ3v) is 4.61. The quantitative estimate of drug-likeness (QED) is 0.194. The lowest BCUT2D eigenvalue weighted by atomic mass is 9.96. The van der Waals surface area contributed by atoms with Gasteiger partial charge in [-0.3, -0.25) is 14.4 Å². The number of nitrogens with one attached hydrogen (secondary N) is 2. The molecule has 35 heavy (non-hydrogen) atoms. The first-order valence-electron chi connectivity index (χ1n) is 11.1. The Hall–Kier alpha value is -3.63. The second-order valence-electron chi connectivity index (χ2n) is 8.60. The number of carbonyl (C=O) groups excluding carboxylic acids is 5. The first-order chi connectivity index (χ1) is 16.5. The Bertz CT molecular complexity index is 849. The van der Waals surface area contributed by atoms with Crippen LogP contribution in [0.1, 0.15) is 45.6 Å². The van der Waals surface area contributed by atoms with Gasteiger partial charge in [0.05, 0.1) is 20.3 Å². The molecule has 1 aromatic rings. The molecule has 0 unspecified atom stereocenters. The van der Waals surface area contributed by atoms with Crippen molar-refractivity contribution in [3.05, 3.63) is 35.9 Å². The Morgan fingerprint density at radius 2 is 1.51 bits per heavy atom. The minimum Gasteiger partial charge on any atom is -0.468 e. The average Bonchev–Trinajstić information content (AvgIpc) is 2.81. The van der Waals surface area contributed by atoms with E-state index in [1.807, 2.05) is 30.3 Å². The van der Waals surface area contributed by atoms with E-state index in [4.69, 9.17) is 9.47 Å². The summed E-state index contributed by atoms with van der Waals surface area (Å²) in [6, 6.07) is 8.07. The molecule has 0 radical (unpaired) electrons. The fourth-order valence-electron chi connectivity index (χ4n) is 2.93. The number of ketones is 1. The molecule has 2 N–H and O–H groups in total. The third kappa shape index (κ3) is 11.9. The maximum atomic E-state index is 12.9. The summed E-state index contributed by atoms with van der Waals surface area (Å²) in [6.45, 7) is 5.26. The molecule has 11 heteroatoms. The zero-order valence-corrected chi connectivity index (χ0v) is 20.8. The van der Waals surface area contributed by atoms with Gasteiger partial charge in [-0.1, -0.05) is 30.3 Å². The zero-order chi connectivity index (χ0) is 26.4. The molecule has 0 aromatic heterocycles. The van der Waals surface area contributed by atoms with Crippen LogP contribution >= 0.6 is 0 Å². The lowest BCUT2D eigenvalue weighted by Gasteiger charge is -2.24. The van der Waals surface area contributed by atoms with E-state index in [0.29, 0.717) is 0 Å². The van der Waals surface area contributed by atoms with Gasteiger partial charge in [-0.25, -0.2) is 9.59 Å². The number of rotatable bonds is 12. The minimum absolute atomic E-state index is 0.103. The number of methoxy groups -OCH3 is 2. The molecule has 0 saturated carbocycles. The topological polar surface area (TPSA) is 146 Å². The molecule has 0 aliphatic carbocycles. The van der Waals surface area contributed by atoms with Gasteiger partial charge in [0, 0.05) is 13.0 Å². The van der Waals surface area contributed by atoms with E-state index in [2.05, 4.69) is 20.1 Å².